The number of rotatable bonds is 7. The number of hydrogen-bond donors (Lipinski definition) is 3. The molecule has 0 fully saturated rings. The van der Waals surface area contributed by atoms with Crippen LogP contribution in [0.3, 0.4) is 0 Å². The summed E-state index contributed by atoms with van der Waals surface area (Å²) in [6.07, 6.45) is 2.11. The highest BCUT2D eigenvalue weighted by atomic mass is 16.5. The Labute approximate surface area is 128 Å². The maximum Gasteiger partial charge on any atom is 0.339 e. The van der Waals surface area contributed by atoms with Crippen LogP contribution in [0.4, 0.5) is 5.69 Å². The van der Waals surface area contributed by atoms with Crippen molar-refractivity contribution < 1.29 is 24.2 Å². The first-order valence-corrected chi connectivity index (χ1v) is 6.97. The van der Waals surface area contributed by atoms with Crippen molar-refractivity contribution in [3.63, 3.8) is 0 Å². The Bertz CT molecular complexity index is 530. The van der Waals surface area contributed by atoms with Gasteiger partial charge in [0.1, 0.15) is 0 Å². The van der Waals surface area contributed by atoms with E-state index in [-0.39, 0.29) is 17.9 Å². The van der Waals surface area contributed by atoms with Crippen LogP contribution in [0, 0.1) is 0 Å². The number of esters is 1. The number of amides is 2. The van der Waals surface area contributed by atoms with E-state index in [0.29, 0.717) is 19.4 Å². The molecule has 7 heteroatoms. The molecular formula is C15H20N2O5. The maximum atomic E-state index is 11.8. The fraction of sp³-hybridized carbons (Fsp3) is 0.400. The van der Waals surface area contributed by atoms with Crippen molar-refractivity contribution in [1.29, 1.82) is 0 Å². The lowest BCUT2D eigenvalue weighted by atomic mass is 10.2. The molecule has 0 aliphatic rings. The predicted molar refractivity (Wildman–Crippen MR) is 80.4 cm³/mol. The second-order valence-corrected chi connectivity index (χ2v) is 4.53. The molecule has 1 aromatic rings. The molecule has 1 rings (SSSR count). The van der Waals surface area contributed by atoms with Gasteiger partial charge in [0, 0.05) is 13.2 Å². The molecule has 0 radical (unpaired) electrons. The summed E-state index contributed by atoms with van der Waals surface area (Å²) in [4.78, 5) is 35.0. The van der Waals surface area contributed by atoms with Gasteiger partial charge in [0.25, 0.3) is 0 Å². The number of benzene rings is 1. The van der Waals surface area contributed by atoms with E-state index >= 15 is 0 Å². The highest BCUT2D eigenvalue weighted by Crippen LogP contribution is 2.15. The molecule has 0 atom stereocenters. The van der Waals surface area contributed by atoms with Crippen molar-refractivity contribution in [2.24, 2.45) is 0 Å². The van der Waals surface area contributed by atoms with Crippen molar-refractivity contribution in [2.75, 3.05) is 25.6 Å². The lowest BCUT2D eigenvalue weighted by Gasteiger charge is -2.09. The largest absolute Gasteiger partial charge is 0.465 e. The smallest absolute Gasteiger partial charge is 0.339 e. The summed E-state index contributed by atoms with van der Waals surface area (Å²) in [7, 11) is 1.24. The van der Waals surface area contributed by atoms with Crippen LogP contribution in [-0.4, -0.2) is 43.2 Å². The molecule has 1 aromatic carbocycles. The van der Waals surface area contributed by atoms with Gasteiger partial charge in [-0.05, 0) is 31.4 Å². The van der Waals surface area contributed by atoms with Crippen LogP contribution in [-0.2, 0) is 14.3 Å². The monoisotopic (exact) mass is 308 g/mol. The molecular weight excluding hydrogens is 288 g/mol. The van der Waals surface area contributed by atoms with Gasteiger partial charge in [-0.15, -0.1) is 0 Å². The highest BCUT2D eigenvalue weighted by molar-refractivity contribution is 6.40. The molecule has 3 N–H and O–H groups in total. The van der Waals surface area contributed by atoms with Crippen molar-refractivity contribution in [3.05, 3.63) is 29.8 Å². The molecule has 0 spiro atoms. The van der Waals surface area contributed by atoms with Crippen molar-refractivity contribution >= 4 is 23.5 Å². The number of aliphatic hydroxyl groups is 1. The predicted octanol–water partition coefficient (Wildman–Crippen LogP) is 0.690. The molecule has 0 heterocycles. The van der Waals surface area contributed by atoms with Gasteiger partial charge in [-0.25, -0.2) is 4.79 Å². The molecule has 0 aliphatic heterocycles. The average Bonchev–Trinajstić information content (AvgIpc) is 2.54. The zero-order chi connectivity index (χ0) is 16.4. The first-order valence-electron chi connectivity index (χ1n) is 6.97. The first-order chi connectivity index (χ1) is 10.6. The minimum Gasteiger partial charge on any atom is -0.465 e. The van der Waals surface area contributed by atoms with Crippen LogP contribution in [0.5, 0.6) is 0 Å². The van der Waals surface area contributed by atoms with E-state index in [2.05, 4.69) is 15.4 Å². The van der Waals surface area contributed by atoms with Crippen LogP contribution < -0.4 is 10.6 Å². The third-order valence-corrected chi connectivity index (χ3v) is 2.91. The number of aliphatic hydroxyl groups excluding tert-OH is 1. The Kier molecular flexibility index (Phi) is 7.63. The molecule has 120 valence electrons. The second-order valence-electron chi connectivity index (χ2n) is 4.53. The average molecular weight is 308 g/mol. The molecule has 0 bridgehead atoms. The van der Waals surface area contributed by atoms with Crippen LogP contribution in [0.2, 0.25) is 0 Å². The summed E-state index contributed by atoms with van der Waals surface area (Å²) in [6.45, 7) is 0.462. The van der Waals surface area contributed by atoms with Crippen LogP contribution in [0.15, 0.2) is 24.3 Å². The van der Waals surface area contributed by atoms with Gasteiger partial charge in [-0.3, -0.25) is 9.59 Å². The number of para-hydroxylation sites is 1. The van der Waals surface area contributed by atoms with Crippen molar-refractivity contribution in [3.8, 4) is 0 Å². The van der Waals surface area contributed by atoms with Crippen LogP contribution in [0.25, 0.3) is 0 Å². The van der Waals surface area contributed by atoms with E-state index in [1.807, 2.05) is 0 Å². The lowest BCUT2D eigenvalue weighted by molar-refractivity contribution is -0.136. The SMILES string of the molecule is COC(=O)c1ccccc1NC(=O)C(=O)NCCCCCO. The van der Waals surface area contributed by atoms with E-state index in [1.54, 1.807) is 12.1 Å². The Morgan fingerprint density at radius 3 is 2.50 bits per heavy atom. The van der Waals surface area contributed by atoms with E-state index < -0.39 is 17.8 Å². The third-order valence-electron chi connectivity index (χ3n) is 2.91. The zero-order valence-electron chi connectivity index (χ0n) is 12.4. The van der Waals surface area contributed by atoms with Gasteiger partial charge in [0.15, 0.2) is 0 Å². The minimum absolute atomic E-state index is 0.110. The third kappa shape index (κ3) is 5.53. The number of anilines is 1. The number of ether oxygens (including phenoxy) is 1. The van der Waals surface area contributed by atoms with E-state index in [0.717, 1.165) is 6.42 Å². The zero-order valence-corrected chi connectivity index (χ0v) is 12.4. The van der Waals surface area contributed by atoms with Crippen LogP contribution >= 0.6 is 0 Å². The molecule has 0 aliphatic carbocycles. The summed E-state index contributed by atoms with van der Waals surface area (Å²) in [6, 6.07) is 6.27. The van der Waals surface area contributed by atoms with Gasteiger partial charge < -0.3 is 20.5 Å². The molecule has 0 aromatic heterocycles. The lowest BCUT2D eigenvalue weighted by Crippen LogP contribution is -2.36. The number of carbonyl (C=O) groups is 3. The number of nitrogens with one attached hydrogen (secondary N) is 2. The van der Waals surface area contributed by atoms with Gasteiger partial charge >= 0.3 is 17.8 Å². The number of methoxy groups -OCH3 is 1. The Morgan fingerprint density at radius 1 is 1.09 bits per heavy atom. The normalized spacial score (nSPS) is 9.91. The van der Waals surface area contributed by atoms with Gasteiger partial charge in [0.2, 0.25) is 0 Å². The number of hydrogen-bond acceptors (Lipinski definition) is 5. The van der Waals surface area contributed by atoms with E-state index in [1.165, 1.54) is 19.2 Å². The quantitative estimate of drug-likeness (QED) is 0.390. The number of carbonyl (C=O) groups excluding carboxylic acids is 3. The standard InChI is InChI=1S/C15H20N2O5/c1-22-15(21)11-7-3-4-8-12(11)17-14(20)13(19)16-9-5-2-6-10-18/h3-4,7-8,18H,2,5-6,9-10H2,1H3,(H,16,19)(H,17,20). The molecule has 0 unspecified atom stereocenters. The fourth-order valence-electron chi connectivity index (χ4n) is 1.75. The summed E-state index contributed by atoms with van der Waals surface area (Å²) in [5, 5.41) is 13.5. The van der Waals surface area contributed by atoms with Gasteiger partial charge in [0.05, 0.1) is 18.4 Å². The Morgan fingerprint density at radius 2 is 1.82 bits per heavy atom. The van der Waals surface area contributed by atoms with Gasteiger partial charge in [-0.1, -0.05) is 12.1 Å². The van der Waals surface area contributed by atoms with Crippen molar-refractivity contribution in [1.82, 2.24) is 5.32 Å². The fourth-order valence-corrected chi connectivity index (χ4v) is 1.75. The molecule has 0 saturated heterocycles. The first kappa shape index (κ1) is 17.6. The van der Waals surface area contributed by atoms with E-state index in [9.17, 15) is 14.4 Å². The highest BCUT2D eigenvalue weighted by Gasteiger charge is 2.17. The summed E-state index contributed by atoms with van der Waals surface area (Å²) >= 11 is 0. The Balaban J connectivity index is 2.54. The topological polar surface area (TPSA) is 105 Å². The van der Waals surface area contributed by atoms with Crippen molar-refractivity contribution in [2.45, 2.75) is 19.3 Å². The summed E-state index contributed by atoms with van der Waals surface area (Å²) in [5.74, 6) is -2.22. The van der Waals surface area contributed by atoms with Crippen LogP contribution in [0.1, 0.15) is 29.6 Å². The second kappa shape index (κ2) is 9.51. The molecule has 0 saturated carbocycles. The summed E-state index contributed by atoms with van der Waals surface area (Å²) < 4.78 is 4.61. The summed E-state index contributed by atoms with van der Waals surface area (Å²) in [5.41, 5.74) is 0.392. The van der Waals surface area contributed by atoms with E-state index in [4.69, 9.17) is 5.11 Å². The van der Waals surface area contributed by atoms with Gasteiger partial charge in [-0.2, -0.15) is 0 Å². The molecule has 22 heavy (non-hydrogen) atoms. The molecule has 2 amide bonds. The maximum absolute atomic E-state index is 11.8. The molecule has 7 nitrogen and oxygen atoms in total. The number of unbranched alkanes of at least 4 members (excludes halogenated alkanes) is 2. The minimum atomic E-state index is -0.849. The Hall–Kier alpha value is -2.41.